The predicted molar refractivity (Wildman–Crippen MR) is 59.1 cm³/mol. The van der Waals surface area contributed by atoms with Crippen LogP contribution in [0.3, 0.4) is 0 Å². The van der Waals surface area contributed by atoms with Gasteiger partial charge >= 0.3 is 5.97 Å². The maximum atomic E-state index is 11.2. The molecule has 1 aromatic rings. The summed E-state index contributed by atoms with van der Waals surface area (Å²) < 4.78 is 5.22. The molecule has 5 heteroatoms. The fourth-order valence-electron chi connectivity index (χ4n) is 2.13. The van der Waals surface area contributed by atoms with E-state index in [2.05, 4.69) is 5.32 Å². The molecule has 0 unspecified atom stereocenters. The van der Waals surface area contributed by atoms with Gasteiger partial charge in [0.2, 0.25) is 0 Å². The standard InChI is InChI=1S/C12H11NO4/c14-10-6-17-9-2-1-7(5-8(9)13-10)12(3-4-12)11(15)16/h1-2,5H,3-4,6H2,(H,13,14)(H,15,16). The first-order valence-corrected chi connectivity index (χ1v) is 5.42. The summed E-state index contributed by atoms with van der Waals surface area (Å²) in [7, 11) is 0. The zero-order chi connectivity index (χ0) is 12.0. The Morgan fingerprint density at radius 2 is 2.18 bits per heavy atom. The number of aliphatic carboxylic acids is 1. The van der Waals surface area contributed by atoms with E-state index in [1.807, 2.05) is 0 Å². The average molecular weight is 233 g/mol. The number of carboxylic acids is 1. The molecule has 1 aliphatic carbocycles. The van der Waals surface area contributed by atoms with Crippen LogP contribution < -0.4 is 10.1 Å². The van der Waals surface area contributed by atoms with E-state index in [-0.39, 0.29) is 12.5 Å². The van der Waals surface area contributed by atoms with Crippen LogP contribution in [0.4, 0.5) is 5.69 Å². The number of carboxylic acid groups (broad SMARTS) is 1. The summed E-state index contributed by atoms with van der Waals surface area (Å²) in [4.78, 5) is 22.4. The van der Waals surface area contributed by atoms with Gasteiger partial charge in [-0.3, -0.25) is 9.59 Å². The summed E-state index contributed by atoms with van der Waals surface area (Å²) in [5.74, 6) is -0.426. The molecule has 0 aromatic heterocycles. The van der Waals surface area contributed by atoms with Crippen molar-refractivity contribution >= 4 is 17.6 Å². The summed E-state index contributed by atoms with van der Waals surface area (Å²) in [6.45, 7) is 0.0103. The van der Waals surface area contributed by atoms with Gasteiger partial charge in [-0.05, 0) is 30.5 Å². The molecule has 1 saturated carbocycles. The lowest BCUT2D eigenvalue weighted by Gasteiger charge is -2.20. The highest BCUT2D eigenvalue weighted by Crippen LogP contribution is 2.49. The van der Waals surface area contributed by atoms with Crippen molar-refractivity contribution in [2.75, 3.05) is 11.9 Å². The molecule has 0 saturated heterocycles. The molecule has 1 heterocycles. The van der Waals surface area contributed by atoms with Crippen LogP contribution in [0.15, 0.2) is 18.2 Å². The second-order valence-electron chi connectivity index (χ2n) is 4.44. The highest BCUT2D eigenvalue weighted by atomic mass is 16.5. The Bertz CT molecular complexity index is 519. The van der Waals surface area contributed by atoms with E-state index < -0.39 is 11.4 Å². The molecule has 0 bridgehead atoms. The molecule has 17 heavy (non-hydrogen) atoms. The van der Waals surface area contributed by atoms with Crippen LogP contribution in [0.1, 0.15) is 18.4 Å². The molecule has 5 nitrogen and oxygen atoms in total. The summed E-state index contributed by atoms with van der Waals surface area (Å²) in [5.41, 5.74) is 0.540. The van der Waals surface area contributed by atoms with Crippen LogP contribution in [0, 0.1) is 0 Å². The highest BCUT2D eigenvalue weighted by molar-refractivity contribution is 5.96. The molecule has 3 rings (SSSR count). The third kappa shape index (κ3) is 1.46. The number of nitrogens with one attached hydrogen (secondary N) is 1. The molecule has 2 aliphatic rings. The van der Waals surface area contributed by atoms with E-state index in [4.69, 9.17) is 4.74 Å². The average Bonchev–Trinajstić information content (AvgIpc) is 3.09. The van der Waals surface area contributed by atoms with Crippen LogP contribution in [0.2, 0.25) is 0 Å². The molecule has 88 valence electrons. The van der Waals surface area contributed by atoms with Crippen molar-refractivity contribution in [2.45, 2.75) is 18.3 Å². The van der Waals surface area contributed by atoms with Crippen molar-refractivity contribution in [2.24, 2.45) is 0 Å². The van der Waals surface area contributed by atoms with Crippen molar-refractivity contribution in [3.05, 3.63) is 23.8 Å². The summed E-state index contributed by atoms with van der Waals surface area (Å²) in [6, 6.07) is 5.18. The third-order valence-electron chi connectivity index (χ3n) is 3.32. The van der Waals surface area contributed by atoms with Crippen LogP contribution in [-0.4, -0.2) is 23.6 Å². The second kappa shape index (κ2) is 3.23. The number of carbonyl (C=O) groups is 2. The van der Waals surface area contributed by atoms with E-state index in [9.17, 15) is 14.7 Å². The van der Waals surface area contributed by atoms with Gasteiger partial charge in [0.25, 0.3) is 5.91 Å². The van der Waals surface area contributed by atoms with Gasteiger partial charge < -0.3 is 15.2 Å². The van der Waals surface area contributed by atoms with Crippen LogP contribution in [0.25, 0.3) is 0 Å². The molecular weight excluding hydrogens is 222 g/mol. The first-order chi connectivity index (χ1) is 8.12. The zero-order valence-electron chi connectivity index (χ0n) is 9.03. The Morgan fingerprint density at radius 3 is 2.82 bits per heavy atom. The minimum atomic E-state index is -0.805. The second-order valence-corrected chi connectivity index (χ2v) is 4.44. The maximum Gasteiger partial charge on any atom is 0.314 e. The summed E-state index contributed by atoms with van der Waals surface area (Å²) >= 11 is 0. The number of benzene rings is 1. The molecule has 2 N–H and O–H groups in total. The van der Waals surface area contributed by atoms with E-state index in [1.165, 1.54) is 0 Å². The molecular formula is C12H11NO4. The molecule has 1 aromatic carbocycles. The fraction of sp³-hybridized carbons (Fsp3) is 0.333. The van der Waals surface area contributed by atoms with E-state index >= 15 is 0 Å². The number of carbonyl (C=O) groups excluding carboxylic acids is 1. The lowest BCUT2D eigenvalue weighted by Crippen LogP contribution is -2.26. The number of rotatable bonds is 2. The van der Waals surface area contributed by atoms with Gasteiger partial charge in [-0.15, -0.1) is 0 Å². The lowest BCUT2D eigenvalue weighted by atomic mass is 9.95. The molecule has 0 radical (unpaired) electrons. The molecule has 1 aliphatic heterocycles. The Balaban J connectivity index is 2.01. The van der Waals surface area contributed by atoms with E-state index in [1.54, 1.807) is 18.2 Å². The molecule has 0 spiro atoms. The monoisotopic (exact) mass is 233 g/mol. The van der Waals surface area contributed by atoms with Crippen LogP contribution >= 0.6 is 0 Å². The smallest absolute Gasteiger partial charge is 0.314 e. The van der Waals surface area contributed by atoms with Crippen LogP contribution in [0.5, 0.6) is 5.75 Å². The van der Waals surface area contributed by atoms with Crippen molar-refractivity contribution in [1.29, 1.82) is 0 Å². The Morgan fingerprint density at radius 1 is 1.41 bits per heavy atom. The van der Waals surface area contributed by atoms with Crippen molar-refractivity contribution in [1.82, 2.24) is 0 Å². The first-order valence-electron chi connectivity index (χ1n) is 5.42. The Labute approximate surface area is 97.4 Å². The van der Waals surface area contributed by atoms with Gasteiger partial charge in [-0.1, -0.05) is 6.07 Å². The van der Waals surface area contributed by atoms with Gasteiger partial charge in [0.1, 0.15) is 5.75 Å². The van der Waals surface area contributed by atoms with Gasteiger partial charge in [0.05, 0.1) is 11.1 Å². The first kappa shape index (κ1) is 10.1. The Hall–Kier alpha value is -2.04. The number of anilines is 1. The lowest BCUT2D eigenvalue weighted by molar-refractivity contribution is -0.140. The number of hydrogen-bond donors (Lipinski definition) is 2. The molecule has 0 atom stereocenters. The number of hydrogen-bond acceptors (Lipinski definition) is 3. The van der Waals surface area contributed by atoms with E-state index in [0.29, 0.717) is 24.3 Å². The van der Waals surface area contributed by atoms with Crippen molar-refractivity contribution in [3.8, 4) is 5.75 Å². The van der Waals surface area contributed by atoms with Gasteiger partial charge in [-0.25, -0.2) is 0 Å². The normalized spacial score (nSPS) is 19.9. The number of ether oxygens (including phenoxy) is 1. The predicted octanol–water partition coefficient (Wildman–Crippen LogP) is 1.13. The van der Waals surface area contributed by atoms with Crippen LogP contribution in [-0.2, 0) is 15.0 Å². The topological polar surface area (TPSA) is 75.6 Å². The van der Waals surface area contributed by atoms with E-state index in [0.717, 1.165) is 5.56 Å². The SMILES string of the molecule is O=C1COc2ccc(C3(C(=O)O)CC3)cc2N1. The molecule has 1 fully saturated rings. The minimum Gasteiger partial charge on any atom is -0.482 e. The fourth-order valence-corrected chi connectivity index (χ4v) is 2.13. The summed E-state index contributed by atoms with van der Waals surface area (Å²) in [6.07, 6.45) is 1.30. The minimum absolute atomic E-state index is 0.0103. The summed E-state index contributed by atoms with van der Waals surface area (Å²) in [5, 5.41) is 11.9. The highest BCUT2D eigenvalue weighted by Gasteiger charge is 2.52. The third-order valence-corrected chi connectivity index (χ3v) is 3.32. The van der Waals surface area contributed by atoms with Crippen molar-refractivity contribution in [3.63, 3.8) is 0 Å². The van der Waals surface area contributed by atoms with Crippen molar-refractivity contribution < 1.29 is 19.4 Å². The number of fused-ring (bicyclic) bond motifs is 1. The largest absolute Gasteiger partial charge is 0.482 e. The van der Waals surface area contributed by atoms with Gasteiger partial charge in [-0.2, -0.15) is 0 Å². The van der Waals surface area contributed by atoms with Gasteiger partial charge in [0, 0.05) is 0 Å². The zero-order valence-corrected chi connectivity index (χ0v) is 9.03. The maximum absolute atomic E-state index is 11.2. The Kier molecular flexibility index (Phi) is 1.92. The number of amides is 1. The molecule has 1 amide bonds. The van der Waals surface area contributed by atoms with Gasteiger partial charge in [0.15, 0.2) is 6.61 Å². The quantitative estimate of drug-likeness (QED) is 0.803.